The first-order chi connectivity index (χ1) is 12.5. The van der Waals surface area contributed by atoms with Crippen LogP contribution in [0.4, 0.5) is 11.4 Å². The number of nitrogens with zero attached hydrogens (tertiary/aromatic N) is 3. The molecule has 2 aromatic carbocycles. The number of hydrogen-bond donors (Lipinski definition) is 2. The van der Waals surface area contributed by atoms with Crippen molar-refractivity contribution >= 4 is 40.6 Å². The van der Waals surface area contributed by atoms with Crippen molar-refractivity contribution in [1.29, 1.82) is 0 Å². The van der Waals surface area contributed by atoms with E-state index in [9.17, 15) is 14.9 Å². The van der Waals surface area contributed by atoms with Crippen molar-refractivity contribution < 1.29 is 9.72 Å². The molecular weight excluding hydrogens is 378 g/mol. The van der Waals surface area contributed by atoms with Gasteiger partial charge < -0.3 is 5.32 Å². The highest BCUT2D eigenvalue weighted by atomic mass is 35.5. The fourth-order valence-electron chi connectivity index (χ4n) is 2.09. The van der Waals surface area contributed by atoms with Crippen LogP contribution >= 0.6 is 23.4 Å². The minimum atomic E-state index is -0.606. The number of nitro benzene ring substituents is 1. The van der Waals surface area contributed by atoms with E-state index in [0.717, 1.165) is 17.3 Å². The molecule has 1 heterocycles. The molecule has 2 N–H and O–H groups in total. The van der Waals surface area contributed by atoms with E-state index < -0.39 is 4.92 Å². The highest BCUT2D eigenvalue weighted by Gasteiger charge is 2.14. The van der Waals surface area contributed by atoms with Crippen LogP contribution in [0.2, 0.25) is 5.02 Å². The Morgan fingerprint density at radius 3 is 2.77 bits per heavy atom. The summed E-state index contributed by atoms with van der Waals surface area (Å²) >= 11 is 6.89. The van der Waals surface area contributed by atoms with Crippen LogP contribution in [0.3, 0.4) is 0 Å². The summed E-state index contributed by atoms with van der Waals surface area (Å²) in [6.45, 7) is 0. The summed E-state index contributed by atoms with van der Waals surface area (Å²) in [6, 6.07) is 13.6. The Kier molecular flexibility index (Phi) is 5.49. The quantitative estimate of drug-likeness (QED) is 0.377. The third-order valence-corrected chi connectivity index (χ3v) is 4.44. The van der Waals surface area contributed by atoms with Gasteiger partial charge in [-0.1, -0.05) is 53.7 Å². The number of anilines is 1. The van der Waals surface area contributed by atoms with Crippen LogP contribution in [0.5, 0.6) is 0 Å². The smallest absolute Gasteiger partial charge is 0.289 e. The molecule has 132 valence electrons. The molecule has 10 heteroatoms. The van der Waals surface area contributed by atoms with Crippen LogP contribution in [0.15, 0.2) is 53.7 Å². The van der Waals surface area contributed by atoms with E-state index in [1.807, 2.05) is 30.3 Å². The number of aromatic nitrogens is 3. The number of H-pyrrole nitrogens is 1. The Morgan fingerprint density at radius 2 is 2.04 bits per heavy atom. The molecule has 0 fully saturated rings. The van der Waals surface area contributed by atoms with Crippen LogP contribution in [-0.4, -0.2) is 31.8 Å². The molecule has 0 saturated carbocycles. The molecule has 3 aromatic rings. The van der Waals surface area contributed by atoms with E-state index in [1.54, 1.807) is 0 Å². The monoisotopic (exact) mass is 389 g/mol. The molecule has 1 aromatic heterocycles. The van der Waals surface area contributed by atoms with Crippen LogP contribution < -0.4 is 5.32 Å². The summed E-state index contributed by atoms with van der Waals surface area (Å²) in [6.07, 6.45) is 0. The van der Waals surface area contributed by atoms with Gasteiger partial charge in [0.1, 0.15) is 5.02 Å². The Bertz CT molecular complexity index is 948. The van der Waals surface area contributed by atoms with Gasteiger partial charge in [-0.3, -0.25) is 20.0 Å². The number of thioether (sulfide) groups is 1. The summed E-state index contributed by atoms with van der Waals surface area (Å²) in [5.74, 6) is 0.335. The summed E-state index contributed by atoms with van der Waals surface area (Å²) in [7, 11) is 0. The van der Waals surface area contributed by atoms with Crippen molar-refractivity contribution in [3.63, 3.8) is 0 Å². The molecule has 8 nitrogen and oxygen atoms in total. The molecule has 0 unspecified atom stereocenters. The second kappa shape index (κ2) is 7.98. The molecule has 0 spiro atoms. The van der Waals surface area contributed by atoms with Gasteiger partial charge in [-0.2, -0.15) is 0 Å². The van der Waals surface area contributed by atoms with Crippen molar-refractivity contribution in [2.24, 2.45) is 0 Å². The predicted molar refractivity (Wildman–Crippen MR) is 99.3 cm³/mol. The number of amides is 1. The van der Waals surface area contributed by atoms with Crippen molar-refractivity contribution in [2.75, 3.05) is 11.1 Å². The molecule has 0 aliphatic carbocycles. The lowest BCUT2D eigenvalue weighted by molar-refractivity contribution is -0.384. The van der Waals surface area contributed by atoms with E-state index in [1.165, 1.54) is 18.2 Å². The SMILES string of the molecule is O=C(CSc1n[nH]c(-c2ccccc2)n1)Nc1ccc(Cl)c([N+](=O)[O-])c1. The molecule has 0 saturated heterocycles. The van der Waals surface area contributed by atoms with Gasteiger partial charge in [0.2, 0.25) is 11.1 Å². The molecule has 3 rings (SSSR count). The zero-order valence-electron chi connectivity index (χ0n) is 13.2. The first-order valence-electron chi connectivity index (χ1n) is 7.37. The average Bonchev–Trinajstić information content (AvgIpc) is 3.11. The number of carbonyl (C=O) groups excluding carboxylic acids is 1. The summed E-state index contributed by atoms with van der Waals surface area (Å²) in [5.41, 5.74) is 0.926. The molecule has 26 heavy (non-hydrogen) atoms. The van der Waals surface area contributed by atoms with E-state index in [2.05, 4.69) is 20.5 Å². The lowest BCUT2D eigenvalue weighted by Crippen LogP contribution is -2.14. The van der Waals surface area contributed by atoms with E-state index >= 15 is 0 Å². The maximum Gasteiger partial charge on any atom is 0.289 e. The number of benzene rings is 2. The van der Waals surface area contributed by atoms with Crippen LogP contribution in [0, 0.1) is 10.1 Å². The minimum absolute atomic E-state index is 0.0107. The third kappa shape index (κ3) is 4.38. The van der Waals surface area contributed by atoms with E-state index in [-0.39, 0.29) is 22.4 Å². The fourth-order valence-corrected chi connectivity index (χ4v) is 2.88. The van der Waals surface area contributed by atoms with Crippen LogP contribution in [0.25, 0.3) is 11.4 Å². The van der Waals surface area contributed by atoms with Gasteiger partial charge >= 0.3 is 0 Å². The topological polar surface area (TPSA) is 114 Å². The lowest BCUT2D eigenvalue weighted by atomic mass is 10.2. The Labute approximate surface area is 157 Å². The lowest BCUT2D eigenvalue weighted by Gasteiger charge is -2.04. The predicted octanol–water partition coefficient (Wildman–Crippen LogP) is 3.76. The molecule has 0 aliphatic heterocycles. The van der Waals surface area contributed by atoms with Crippen LogP contribution in [-0.2, 0) is 4.79 Å². The van der Waals surface area contributed by atoms with Crippen LogP contribution in [0.1, 0.15) is 0 Å². The number of nitrogens with one attached hydrogen (secondary N) is 2. The summed E-state index contributed by atoms with van der Waals surface area (Å²) in [5, 5.41) is 20.8. The standard InChI is InChI=1S/C16H12ClN5O3S/c17-12-7-6-11(8-13(12)22(24)25)18-14(23)9-26-16-19-15(20-21-16)10-4-2-1-3-5-10/h1-8H,9H2,(H,18,23)(H,19,20,21). The number of hydrogen-bond acceptors (Lipinski definition) is 6. The number of carbonyl (C=O) groups is 1. The summed E-state index contributed by atoms with van der Waals surface area (Å²) in [4.78, 5) is 26.6. The molecule has 0 radical (unpaired) electrons. The first kappa shape index (κ1) is 17.9. The zero-order valence-corrected chi connectivity index (χ0v) is 14.8. The first-order valence-corrected chi connectivity index (χ1v) is 8.73. The molecule has 0 atom stereocenters. The highest BCUT2D eigenvalue weighted by molar-refractivity contribution is 7.99. The van der Waals surface area contributed by atoms with Gasteiger partial charge in [0.05, 0.1) is 10.7 Å². The largest absolute Gasteiger partial charge is 0.325 e. The number of halogens is 1. The second-order valence-corrected chi connectivity index (χ2v) is 6.44. The second-order valence-electron chi connectivity index (χ2n) is 5.09. The summed E-state index contributed by atoms with van der Waals surface area (Å²) < 4.78 is 0. The normalized spacial score (nSPS) is 10.5. The maximum atomic E-state index is 12.0. The van der Waals surface area contributed by atoms with Crippen molar-refractivity contribution in [3.05, 3.63) is 63.7 Å². The van der Waals surface area contributed by atoms with Gasteiger partial charge in [0, 0.05) is 17.3 Å². The van der Waals surface area contributed by atoms with Gasteiger partial charge in [-0.05, 0) is 12.1 Å². The average molecular weight is 390 g/mol. The van der Waals surface area contributed by atoms with Gasteiger partial charge in [0.25, 0.3) is 5.69 Å². The minimum Gasteiger partial charge on any atom is -0.325 e. The molecule has 0 aliphatic rings. The zero-order chi connectivity index (χ0) is 18.5. The number of aromatic amines is 1. The Hall–Kier alpha value is -2.91. The highest BCUT2D eigenvalue weighted by Crippen LogP contribution is 2.27. The van der Waals surface area contributed by atoms with Gasteiger partial charge in [-0.15, -0.1) is 5.10 Å². The fraction of sp³-hybridized carbons (Fsp3) is 0.0625. The molecule has 1 amide bonds. The van der Waals surface area contributed by atoms with Gasteiger partial charge in [0.15, 0.2) is 5.82 Å². The third-order valence-electron chi connectivity index (χ3n) is 3.27. The maximum absolute atomic E-state index is 12.0. The number of rotatable bonds is 6. The Balaban J connectivity index is 1.59. The van der Waals surface area contributed by atoms with E-state index in [0.29, 0.717) is 16.7 Å². The van der Waals surface area contributed by atoms with Gasteiger partial charge in [-0.25, -0.2) is 4.98 Å². The Morgan fingerprint density at radius 1 is 1.27 bits per heavy atom. The molecule has 0 bridgehead atoms. The van der Waals surface area contributed by atoms with E-state index in [4.69, 9.17) is 11.6 Å². The number of nitro groups is 1. The molecular formula is C16H12ClN5O3S. The van der Waals surface area contributed by atoms with Crippen molar-refractivity contribution in [2.45, 2.75) is 5.16 Å². The van der Waals surface area contributed by atoms with Crippen molar-refractivity contribution in [1.82, 2.24) is 15.2 Å². The van der Waals surface area contributed by atoms with Crippen molar-refractivity contribution in [3.8, 4) is 11.4 Å².